The molecule has 1 saturated heterocycles. The number of benzene rings is 2. The first kappa shape index (κ1) is 19.6. The molecule has 30 heavy (non-hydrogen) atoms. The van der Waals surface area contributed by atoms with E-state index in [4.69, 9.17) is 4.42 Å². The van der Waals surface area contributed by atoms with Crippen molar-refractivity contribution in [2.24, 2.45) is 0 Å². The number of carbonyl (C=O) groups excluding carboxylic acids is 3. The highest BCUT2D eigenvalue weighted by atomic mass is 16.3. The Labute approximate surface area is 174 Å². The lowest BCUT2D eigenvalue weighted by Gasteiger charge is -2.31. The molecule has 0 saturated carbocycles. The SMILES string of the molecule is O=C(NC1CCN(C(=O)c2ccco2)CC1)c1ccc(C(=O)c2ccccc2)cc1. The number of furan rings is 1. The molecule has 3 aromatic rings. The molecule has 0 spiro atoms. The topological polar surface area (TPSA) is 79.6 Å². The molecule has 2 heterocycles. The van der Waals surface area contributed by atoms with E-state index in [0.717, 1.165) is 0 Å². The number of likely N-dealkylation sites (tertiary alicyclic amines) is 1. The highest BCUT2D eigenvalue weighted by molar-refractivity contribution is 6.09. The zero-order chi connectivity index (χ0) is 20.9. The normalized spacial score (nSPS) is 14.3. The van der Waals surface area contributed by atoms with Crippen molar-refractivity contribution in [1.29, 1.82) is 0 Å². The first-order valence-corrected chi connectivity index (χ1v) is 9.95. The van der Waals surface area contributed by atoms with E-state index in [9.17, 15) is 14.4 Å². The highest BCUT2D eigenvalue weighted by Gasteiger charge is 2.26. The summed E-state index contributed by atoms with van der Waals surface area (Å²) in [7, 11) is 0. The van der Waals surface area contributed by atoms with E-state index in [-0.39, 0.29) is 23.6 Å². The second kappa shape index (κ2) is 8.78. The molecule has 2 amide bonds. The van der Waals surface area contributed by atoms with Crippen molar-refractivity contribution in [2.75, 3.05) is 13.1 Å². The van der Waals surface area contributed by atoms with Gasteiger partial charge in [-0.25, -0.2) is 0 Å². The molecule has 0 aliphatic carbocycles. The van der Waals surface area contributed by atoms with Gasteiger partial charge in [-0.3, -0.25) is 14.4 Å². The van der Waals surface area contributed by atoms with Gasteiger partial charge in [-0.2, -0.15) is 0 Å². The van der Waals surface area contributed by atoms with Crippen LogP contribution in [0.1, 0.15) is 49.7 Å². The largest absolute Gasteiger partial charge is 0.459 e. The summed E-state index contributed by atoms with van der Waals surface area (Å²) < 4.78 is 5.17. The molecule has 6 heteroatoms. The van der Waals surface area contributed by atoms with Crippen LogP contribution in [0.15, 0.2) is 77.4 Å². The van der Waals surface area contributed by atoms with Gasteiger partial charge in [0.05, 0.1) is 6.26 Å². The van der Waals surface area contributed by atoms with E-state index in [1.807, 2.05) is 18.2 Å². The Bertz CT molecular complexity index is 1020. The van der Waals surface area contributed by atoms with Crippen LogP contribution in [0.5, 0.6) is 0 Å². The lowest BCUT2D eigenvalue weighted by atomic mass is 10.0. The molecule has 1 aliphatic heterocycles. The van der Waals surface area contributed by atoms with E-state index in [0.29, 0.717) is 48.4 Å². The van der Waals surface area contributed by atoms with Crippen molar-refractivity contribution in [2.45, 2.75) is 18.9 Å². The van der Waals surface area contributed by atoms with Crippen LogP contribution in [-0.2, 0) is 0 Å². The Morgan fingerprint density at radius 3 is 2.07 bits per heavy atom. The van der Waals surface area contributed by atoms with Crippen LogP contribution < -0.4 is 5.32 Å². The van der Waals surface area contributed by atoms with E-state index in [2.05, 4.69) is 5.32 Å². The number of piperidine rings is 1. The minimum Gasteiger partial charge on any atom is -0.459 e. The fourth-order valence-corrected chi connectivity index (χ4v) is 3.58. The number of ketones is 1. The number of nitrogens with zero attached hydrogens (tertiary/aromatic N) is 1. The number of carbonyl (C=O) groups is 3. The maximum atomic E-state index is 12.6. The Hall–Kier alpha value is -3.67. The Kier molecular flexibility index (Phi) is 5.75. The maximum Gasteiger partial charge on any atom is 0.289 e. The van der Waals surface area contributed by atoms with Gasteiger partial charge in [-0.05, 0) is 37.1 Å². The Morgan fingerprint density at radius 1 is 0.800 bits per heavy atom. The molecule has 2 aromatic carbocycles. The highest BCUT2D eigenvalue weighted by Crippen LogP contribution is 2.16. The zero-order valence-electron chi connectivity index (χ0n) is 16.4. The van der Waals surface area contributed by atoms with Gasteiger partial charge >= 0.3 is 0 Å². The predicted octanol–water partition coefficient (Wildman–Crippen LogP) is 3.55. The first-order valence-electron chi connectivity index (χ1n) is 9.95. The summed E-state index contributed by atoms with van der Waals surface area (Å²) in [5.41, 5.74) is 1.67. The van der Waals surface area contributed by atoms with Crippen LogP contribution in [0.2, 0.25) is 0 Å². The lowest BCUT2D eigenvalue weighted by Crippen LogP contribution is -2.46. The minimum absolute atomic E-state index is 0.00350. The van der Waals surface area contributed by atoms with Gasteiger partial charge in [0.1, 0.15) is 0 Å². The first-order chi connectivity index (χ1) is 14.6. The van der Waals surface area contributed by atoms with Crippen LogP contribution in [0.25, 0.3) is 0 Å². The number of nitrogens with one attached hydrogen (secondary N) is 1. The van der Waals surface area contributed by atoms with Gasteiger partial charge < -0.3 is 14.6 Å². The average molecular weight is 402 g/mol. The fraction of sp³-hybridized carbons (Fsp3) is 0.208. The second-order valence-electron chi connectivity index (χ2n) is 7.29. The molecule has 0 unspecified atom stereocenters. The van der Waals surface area contributed by atoms with Gasteiger partial charge in [-0.15, -0.1) is 0 Å². The third-order valence-electron chi connectivity index (χ3n) is 5.29. The third kappa shape index (κ3) is 4.33. The molecular weight excluding hydrogens is 380 g/mol. The Morgan fingerprint density at radius 2 is 1.43 bits per heavy atom. The van der Waals surface area contributed by atoms with Gasteiger partial charge in [0.2, 0.25) is 0 Å². The lowest BCUT2D eigenvalue weighted by molar-refractivity contribution is 0.0667. The van der Waals surface area contributed by atoms with Crippen LogP contribution in [-0.4, -0.2) is 41.6 Å². The van der Waals surface area contributed by atoms with Crippen LogP contribution in [0.3, 0.4) is 0 Å². The number of hydrogen-bond donors (Lipinski definition) is 1. The molecule has 1 aliphatic rings. The van der Waals surface area contributed by atoms with Crippen LogP contribution >= 0.6 is 0 Å². The van der Waals surface area contributed by atoms with Crippen LogP contribution in [0, 0.1) is 0 Å². The van der Waals surface area contributed by atoms with Crippen molar-refractivity contribution in [3.63, 3.8) is 0 Å². The van der Waals surface area contributed by atoms with Crippen molar-refractivity contribution >= 4 is 17.6 Å². The van der Waals surface area contributed by atoms with E-state index in [1.165, 1.54) is 6.26 Å². The van der Waals surface area contributed by atoms with E-state index in [1.54, 1.807) is 53.4 Å². The number of rotatable bonds is 5. The van der Waals surface area contributed by atoms with Crippen molar-refractivity contribution in [1.82, 2.24) is 10.2 Å². The smallest absolute Gasteiger partial charge is 0.289 e. The van der Waals surface area contributed by atoms with Gasteiger partial charge in [-0.1, -0.05) is 42.5 Å². The molecule has 0 radical (unpaired) electrons. The van der Waals surface area contributed by atoms with E-state index >= 15 is 0 Å². The summed E-state index contributed by atoms with van der Waals surface area (Å²) >= 11 is 0. The molecule has 4 rings (SSSR count). The molecule has 1 fully saturated rings. The molecule has 6 nitrogen and oxygen atoms in total. The van der Waals surface area contributed by atoms with Crippen molar-refractivity contribution in [3.05, 3.63) is 95.4 Å². The minimum atomic E-state index is -0.176. The predicted molar refractivity (Wildman–Crippen MR) is 111 cm³/mol. The molecule has 0 bridgehead atoms. The average Bonchev–Trinajstić information content (AvgIpc) is 3.34. The molecular formula is C24H22N2O4. The maximum absolute atomic E-state index is 12.6. The summed E-state index contributed by atoms with van der Waals surface area (Å²) in [5.74, 6) is -0.0354. The van der Waals surface area contributed by atoms with Crippen molar-refractivity contribution < 1.29 is 18.8 Å². The molecule has 0 atom stereocenters. The standard InChI is InChI=1S/C24H22N2O4/c27-22(17-5-2-1-3-6-17)18-8-10-19(11-9-18)23(28)25-20-12-14-26(15-13-20)24(29)21-7-4-16-30-21/h1-11,16,20H,12-15H2,(H,25,28). The molecule has 1 N–H and O–H groups in total. The number of amides is 2. The third-order valence-corrected chi connectivity index (χ3v) is 5.29. The summed E-state index contributed by atoms with van der Waals surface area (Å²) in [5, 5.41) is 3.02. The number of hydrogen-bond acceptors (Lipinski definition) is 4. The van der Waals surface area contributed by atoms with Crippen molar-refractivity contribution in [3.8, 4) is 0 Å². The monoisotopic (exact) mass is 402 g/mol. The molecule has 1 aromatic heterocycles. The summed E-state index contributed by atoms with van der Waals surface area (Å²) in [6, 6.07) is 19.1. The molecule has 152 valence electrons. The van der Waals surface area contributed by atoms with Gasteiger partial charge in [0.15, 0.2) is 11.5 Å². The van der Waals surface area contributed by atoms with Crippen LogP contribution in [0.4, 0.5) is 0 Å². The zero-order valence-corrected chi connectivity index (χ0v) is 16.4. The second-order valence-corrected chi connectivity index (χ2v) is 7.29. The fourth-order valence-electron chi connectivity index (χ4n) is 3.58. The summed E-state index contributed by atoms with van der Waals surface area (Å²) in [6.07, 6.45) is 2.85. The Balaban J connectivity index is 1.31. The summed E-state index contributed by atoms with van der Waals surface area (Å²) in [6.45, 7) is 1.13. The van der Waals surface area contributed by atoms with Gasteiger partial charge in [0.25, 0.3) is 11.8 Å². The van der Waals surface area contributed by atoms with E-state index < -0.39 is 0 Å². The summed E-state index contributed by atoms with van der Waals surface area (Å²) in [4.78, 5) is 39.1. The van der Waals surface area contributed by atoms with Gasteiger partial charge in [0, 0.05) is 35.8 Å². The quantitative estimate of drug-likeness (QED) is 0.662.